The van der Waals surface area contributed by atoms with Crippen LogP contribution in [0, 0.1) is 0 Å². The van der Waals surface area contributed by atoms with Gasteiger partial charge < -0.3 is 16.4 Å². The Morgan fingerprint density at radius 2 is 1.86 bits per heavy atom. The van der Waals surface area contributed by atoms with Crippen molar-refractivity contribution in [3.8, 4) is 0 Å². The van der Waals surface area contributed by atoms with E-state index in [1.54, 1.807) is 28.9 Å². The van der Waals surface area contributed by atoms with Gasteiger partial charge in [0.1, 0.15) is 5.52 Å². The topological polar surface area (TPSA) is 97.9 Å². The predicted molar refractivity (Wildman–Crippen MR) is 111 cm³/mol. The summed E-state index contributed by atoms with van der Waals surface area (Å²) >= 11 is 0. The average Bonchev–Trinajstić information content (AvgIpc) is 3.09. The van der Waals surface area contributed by atoms with Gasteiger partial charge in [-0.05, 0) is 48.0 Å². The molecule has 4 N–H and O–H groups in total. The smallest absolute Gasteiger partial charge is 0.255 e. The molecule has 28 heavy (non-hydrogen) atoms. The number of rotatable bonds is 5. The molecule has 0 saturated carbocycles. The van der Waals surface area contributed by atoms with Crippen LogP contribution in [0.25, 0.3) is 11.0 Å². The summed E-state index contributed by atoms with van der Waals surface area (Å²) in [5.41, 5.74) is 11.5. The summed E-state index contributed by atoms with van der Waals surface area (Å²) < 4.78 is 1.74. The number of carbonyl (C=O) groups excluding carboxylic acids is 1. The number of amides is 1. The van der Waals surface area contributed by atoms with Crippen molar-refractivity contribution in [2.75, 3.05) is 16.4 Å². The first-order valence-electron chi connectivity index (χ1n) is 8.88. The Labute approximate surface area is 162 Å². The molecule has 7 nitrogen and oxygen atoms in total. The summed E-state index contributed by atoms with van der Waals surface area (Å²) in [5, 5.41) is 14.3. The summed E-state index contributed by atoms with van der Waals surface area (Å²) in [6.07, 6.45) is 0. The summed E-state index contributed by atoms with van der Waals surface area (Å²) in [4.78, 5) is 12.4. The largest absolute Gasteiger partial charge is 0.397 e. The van der Waals surface area contributed by atoms with Gasteiger partial charge in [-0.1, -0.05) is 29.5 Å². The van der Waals surface area contributed by atoms with Crippen LogP contribution in [-0.2, 0) is 13.6 Å². The maximum atomic E-state index is 12.4. The lowest BCUT2D eigenvalue weighted by Crippen LogP contribution is -2.13. The summed E-state index contributed by atoms with van der Waals surface area (Å²) in [6.45, 7) is 0.638. The standard InChI is InChI=1S/C21H20N6O/c1-27-20-11-10-16(12-19(20)25-26-27)23-13-14-6-8-15(9-7-14)21(28)24-18-5-3-2-4-17(18)22/h2-12,23H,13,22H2,1H3,(H,24,28). The number of nitrogens with two attached hydrogens (primary N) is 1. The Bertz CT molecular complexity index is 1130. The molecule has 1 heterocycles. The van der Waals surface area contributed by atoms with Crippen molar-refractivity contribution in [1.29, 1.82) is 0 Å². The fourth-order valence-corrected chi connectivity index (χ4v) is 2.93. The van der Waals surface area contributed by atoms with Crippen LogP contribution >= 0.6 is 0 Å². The van der Waals surface area contributed by atoms with Crippen LogP contribution in [0.5, 0.6) is 0 Å². The number of aromatic nitrogens is 3. The molecule has 1 aromatic heterocycles. The lowest BCUT2D eigenvalue weighted by molar-refractivity contribution is 0.102. The molecule has 0 aliphatic heterocycles. The zero-order valence-electron chi connectivity index (χ0n) is 15.4. The zero-order valence-corrected chi connectivity index (χ0v) is 15.4. The van der Waals surface area contributed by atoms with Crippen molar-refractivity contribution in [2.45, 2.75) is 6.54 Å². The third kappa shape index (κ3) is 3.64. The van der Waals surface area contributed by atoms with Crippen molar-refractivity contribution in [2.24, 2.45) is 7.05 Å². The number of fused-ring (bicyclic) bond motifs is 1. The summed E-state index contributed by atoms with van der Waals surface area (Å²) in [5.74, 6) is -0.189. The molecule has 140 valence electrons. The fraction of sp³-hybridized carbons (Fsp3) is 0.0952. The number of hydrogen-bond acceptors (Lipinski definition) is 5. The van der Waals surface area contributed by atoms with Gasteiger partial charge in [-0.15, -0.1) is 5.10 Å². The van der Waals surface area contributed by atoms with Crippen molar-refractivity contribution < 1.29 is 4.79 Å². The Morgan fingerprint density at radius 3 is 2.64 bits per heavy atom. The highest BCUT2D eigenvalue weighted by Gasteiger charge is 2.08. The van der Waals surface area contributed by atoms with Crippen molar-refractivity contribution in [3.05, 3.63) is 77.9 Å². The van der Waals surface area contributed by atoms with Crippen LogP contribution in [-0.4, -0.2) is 20.9 Å². The van der Waals surface area contributed by atoms with Gasteiger partial charge in [0.15, 0.2) is 0 Å². The number of nitrogens with one attached hydrogen (secondary N) is 2. The fourth-order valence-electron chi connectivity index (χ4n) is 2.93. The average molecular weight is 372 g/mol. The predicted octanol–water partition coefficient (Wildman–Crippen LogP) is 3.41. The molecule has 0 radical (unpaired) electrons. The zero-order chi connectivity index (χ0) is 19.5. The Kier molecular flexibility index (Phi) is 4.63. The van der Waals surface area contributed by atoms with E-state index in [2.05, 4.69) is 20.9 Å². The molecular formula is C21H20N6O. The van der Waals surface area contributed by atoms with Crippen molar-refractivity contribution in [1.82, 2.24) is 15.0 Å². The highest BCUT2D eigenvalue weighted by molar-refractivity contribution is 6.05. The second kappa shape index (κ2) is 7.40. The molecule has 0 spiro atoms. The van der Waals surface area contributed by atoms with Crippen LogP contribution in [0.15, 0.2) is 66.7 Å². The van der Waals surface area contributed by atoms with Gasteiger partial charge in [-0.25, -0.2) is 4.68 Å². The number of anilines is 3. The molecule has 4 rings (SSSR count). The number of benzene rings is 3. The summed E-state index contributed by atoms with van der Waals surface area (Å²) in [7, 11) is 1.87. The molecule has 4 aromatic rings. The first-order chi connectivity index (χ1) is 13.6. The van der Waals surface area contributed by atoms with Crippen LogP contribution in [0.2, 0.25) is 0 Å². The number of carbonyl (C=O) groups is 1. The van der Waals surface area contributed by atoms with E-state index in [-0.39, 0.29) is 5.91 Å². The second-order valence-corrected chi connectivity index (χ2v) is 6.51. The second-order valence-electron chi connectivity index (χ2n) is 6.51. The molecule has 0 atom stereocenters. The molecular weight excluding hydrogens is 352 g/mol. The van der Waals surface area contributed by atoms with E-state index in [1.165, 1.54) is 0 Å². The van der Waals surface area contributed by atoms with Gasteiger partial charge in [0.05, 0.1) is 16.9 Å². The van der Waals surface area contributed by atoms with Gasteiger partial charge in [0, 0.05) is 24.8 Å². The monoisotopic (exact) mass is 372 g/mol. The molecule has 0 aliphatic carbocycles. The van der Waals surface area contributed by atoms with Gasteiger partial charge in [0.2, 0.25) is 0 Å². The van der Waals surface area contributed by atoms with E-state index in [0.717, 1.165) is 22.3 Å². The summed E-state index contributed by atoms with van der Waals surface area (Å²) in [6, 6.07) is 20.6. The minimum atomic E-state index is -0.189. The molecule has 1 amide bonds. The van der Waals surface area contributed by atoms with Gasteiger partial charge >= 0.3 is 0 Å². The van der Waals surface area contributed by atoms with E-state index in [9.17, 15) is 4.79 Å². The molecule has 0 bridgehead atoms. The van der Waals surface area contributed by atoms with Gasteiger partial charge in [-0.2, -0.15) is 0 Å². The van der Waals surface area contributed by atoms with Gasteiger partial charge in [-0.3, -0.25) is 4.79 Å². The number of nitrogen functional groups attached to an aromatic ring is 1. The minimum Gasteiger partial charge on any atom is -0.397 e. The number of hydrogen-bond donors (Lipinski definition) is 3. The Morgan fingerprint density at radius 1 is 1.07 bits per heavy atom. The Hall–Kier alpha value is -3.87. The first kappa shape index (κ1) is 17.5. The first-order valence-corrected chi connectivity index (χ1v) is 8.88. The van der Waals surface area contributed by atoms with E-state index in [0.29, 0.717) is 23.5 Å². The maximum Gasteiger partial charge on any atom is 0.255 e. The maximum absolute atomic E-state index is 12.4. The molecule has 0 fully saturated rings. The number of nitrogens with zero attached hydrogens (tertiary/aromatic N) is 3. The molecule has 0 saturated heterocycles. The third-order valence-corrected chi connectivity index (χ3v) is 4.53. The van der Waals surface area contributed by atoms with Crippen LogP contribution in [0.3, 0.4) is 0 Å². The number of para-hydroxylation sites is 2. The molecule has 0 unspecified atom stereocenters. The van der Waals surface area contributed by atoms with Crippen molar-refractivity contribution in [3.63, 3.8) is 0 Å². The van der Waals surface area contributed by atoms with E-state index >= 15 is 0 Å². The molecule has 0 aliphatic rings. The quantitative estimate of drug-likeness (QED) is 0.466. The van der Waals surface area contributed by atoms with Crippen LogP contribution < -0.4 is 16.4 Å². The Balaban J connectivity index is 1.39. The van der Waals surface area contributed by atoms with E-state index in [1.807, 2.05) is 49.5 Å². The lowest BCUT2D eigenvalue weighted by atomic mass is 10.1. The van der Waals surface area contributed by atoms with Crippen LogP contribution in [0.4, 0.5) is 17.1 Å². The highest BCUT2D eigenvalue weighted by atomic mass is 16.1. The molecule has 7 heteroatoms. The number of aryl methyl sites for hydroxylation is 1. The van der Waals surface area contributed by atoms with E-state index < -0.39 is 0 Å². The van der Waals surface area contributed by atoms with E-state index in [4.69, 9.17) is 5.73 Å². The van der Waals surface area contributed by atoms with Crippen molar-refractivity contribution >= 4 is 34.0 Å². The van der Waals surface area contributed by atoms with Crippen LogP contribution in [0.1, 0.15) is 15.9 Å². The SMILES string of the molecule is Cn1nnc2cc(NCc3ccc(C(=O)Nc4ccccc4N)cc3)ccc21. The third-order valence-electron chi connectivity index (χ3n) is 4.53. The molecule has 3 aromatic carbocycles. The highest BCUT2D eigenvalue weighted by Crippen LogP contribution is 2.19. The minimum absolute atomic E-state index is 0.189. The normalized spacial score (nSPS) is 10.8. The lowest BCUT2D eigenvalue weighted by Gasteiger charge is -2.09. The van der Waals surface area contributed by atoms with Gasteiger partial charge in [0.25, 0.3) is 5.91 Å².